The number of carboxylic acids is 1. The Labute approximate surface area is 105 Å². The van der Waals surface area contributed by atoms with Gasteiger partial charge < -0.3 is 5.11 Å². The molecule has 0 saturated heterocycles. The van der Waals surface area contributed by atoms with Crippen LogP contribution in [0.1, 0.15) is 65.2 Å². The van der Waals surface area contributed by atoms with Crippen LogP contribution in [-0.4, -0.2) is 11.1 Å². The van der Waals surface area contributed by atoms with Gasteiger partial charge in [0.05, 0.1) is 0 Å². The predicted molar refractivity (Wildman–Crippen MR) is 71.8 cm³/mol. The molecule has 0 aromatic heterocycles. The number of unbranched alkanes of at least 4 members (excludes halogenated alkanes) is 6. The van der Waals surface area contributed by atoms with Crippen molar-refractivity contribution in [3.05, 3.63) is 11.6 Å². The highest BCUT2D eigenvalue weighted by Crippen LogP contribution is 2.03. The first-order valence-corrected chi connectivity index (χ1v) is 6.64. The van der Waals surface area contributed by atoms with Gasteiger partial charge in [-0.05, 0) is 12.8 Å². The van der Waals surface area contributed by atoms with Gasteiger partial charge in [-0.1, -0.05) is 63.9 Å². The smallest absolute Gasteiger partial charge is 0.343 e. The number of allylic oxidation sites excluding steroid dienone is 1. The normalized spacial score (nSPS) is 10.8. The summed E-state index contributed by atoms with van der Waals surface area (Å²) in [5, 5.41) is 8.94. The average Bonchev–Trinajstić information content (AvgIpc) is 2.31. The van der Waals surface area contributed by atoms with E-state index in [1.54, 1.807) is 6.08 Å². The van der Waals surface area contributed by atoms with Crippen LogP contribution in [0.3, 0.4) is 0 Å². The molecule has 2 nitrogen and oxygen atoms in total. The SMILES string of the molecule is CCCC/C=C(\C#CCCCCCC)C(=O)O. The minimum atomic E-state index is -0.901. The Hall–Kier alpha value is -1.23. The molecule has 1 N–H and O–H groups in total. The maximum absolute atomic E-state index is 10.9. The fourth-order valence-electron chi connectivity index (χ4n) is 1.44. The fraction of sp³-hybridized carbons (Fsp3) is 0.667. The van der Waals surface area contributed by atoms with E-state index in [1.165, 1.54) is 19.3 Å². The molecule has 0 aromatic carbocycles. The van der Waals surface area contributed by atoms with Crippen molar-refractivity contribution in [1.82, 2.24) is 0 Å². The molecule has 0 aromatic rings. The van der Waals surface area contributed by atoms with Crippen LogP contribution >= 0.6 is 0 Å². The second-order valence-corrected chi connectivity index (χ2v) is 4.18. The van der Waals surface area contributed by atoms with Crippen LogP contribution in [0.5, 0.6) is 0 Å². The monoisotopic (exact) mass is 236 g/mol. The van der Waals surface area contributed by atoms with Gasteiger partial charge in [0.25, 0.3) is 0 Å². The molecular weight excluding hydrogens is 212 g/mol. The van der Waals surface area contributed by atoms with Crippen LogP contribution in [0.25, 0.3) is 0 Å². The Balaban J connectivity index is 4.03. The molecule has 0 saturated carbocycles. The van der Waals surface area contributed by atoms with E-state index < -0.39 is 5.97 Å². The molecule has 0 aliphatic rings. The second kappa shape index (κ2) is 11.3. The first kappa shape index (κ1) is 15.8. The highest BCUT2D eigenvalue weighted by Gasteiger charge is 2.01. The van der Waals surface area contributed by atoms with Crippen molar-refractivity contribution in [2.24, 2.45) is 0 Å². The Morgan fingerprint density at radius 2 is 1.82 bits per heavy atom. The van der Waals surface area contributed by atoms with Crippen molar-refractivity contribution >= 4 is 5.97 Å². The van der Waals surface area contributed by atoms with Crippen LogP contribution in [0.2, 0.25) is 0 Å². The first-order chi connectivity index (χ1) is 8.22. The Morgan fingerprint density at radius 3 is 2.41 bits per heavy atom. The molecular formula is C15H24O2. The van der Waals surface area contributed by atoms with Crippen LogP contribution in [-0.2, 0) is 4.79 Å². The minimum Gasteiger partial charge on any atom is -0.477 e. The Kier molecular flexibility index (Phi) is 10.4. The summed E-state index contributed by atoms with van der Waals surface area (Å²) in [4.78, 5) is 10.9. The summed E-state index contributed by atoms with van der Waals surface area (Å²) in [5.41, 5.74) is 0.258. The average molecular weight is 236 g/mol. The maximum atomic E-state index is 10.9. The van der Waals surface area contributed by atoms with Gasteiger partial charge in [-0.3, -0.25) is 0 Å². The summed E-state index contributed by atoms with van der Waals surface area (Å²) >= 11 is 0. The zero-order valence-corrected chi connectivity index (χ0v) is 11.1. The van der Waals surface area contributed by atoms with Crippen molar-refractivity contribution in [2.45, 2.75) is 65.2 Å². The van der Waals surface area contributed by atoms with Crippen molar-refractivity contribution < 1.29 is 9.90 Å². The van der Waals surface area contributed by atoms with Gasteiger partial charge >= 0.3 is 5.97 Å². The molecule has 0 aliphatic carbocycles. The highest BCUT2D eigenvalue weighted by molar-refractivity contribution is 5.91. The van der Waals surface area contributed by atoms with Gasteiger partial charge in [0.2, 0.25) is 0 Å². The number of hydrogen-bond acceptors (Lipinski definition) is 1. The lowest BCUT2D eigenvalue weighted by Crippen LogP contribution is -1.98. The van der Waals surface area contributed by atoms with Crippen LogP contribution in [0.15, 0.2) is 11.6 Å². The van der Waals surface area contributed by atoms with E-state index >= 15 is 0 Å². The first-order valence-electron chi connectivity index (χ1n) is 6.64. The third-order valence-corrected chi connectivity index (χ3v) is 2.51. The Bertz CT molecular complexity index is 292. The summed E-state index contributed by atoms with van der Waals surface area (Å²) in [5.74, 6) is 4.82. The molecule has 0 radical (unpaired) electrons. The summed E-state index contributed by atoms with van der Waals surface area (Å²) in [6.45, 7) is 4.26. The summed E-state index contributed by atoms with van der Waals surface area (Å²) in [6.07, 6.45) is 10.2. The molecule has 0 atom stereocenters. The summed E-state index contributed by atoms with van der Waals surface area (Å²) < 4.78 is 0. The number of hydrogen-bond donors (Lipinski definition) is 1. The van der Waals surface area contributed by atoms with E-state index in [0.717, 1.165) is 32.1 Å². The largest absolute Gasteiger partial charge is 0.477 e. The van der Waals surface area contributed by atoms with Crippen molar-refractivity contribution in [2.75, 3.05) is 0 Å². The molecule has 0 spiro atoms. The minimum absolute atomic E-state index is 0.258. The van der Waals surface area contributed by atoms with E-state index in [9.17, 15) is 4.79 Å². The molecule has 0 unspecified atom stereocenters. The third kappa shape index (κ3) is 9.68. The molecule has 0 bridgehead atoms. The molecule has 96 valence electrons. The molecule has 0 rings (SSSR count). The van der Waals surface area contributed by atoms with Gasteiger partial charge in [0, 0.05) is 6.42 Å². The van der Waals surface area contributed by atoms with E-state index in [0.29, 0.717) is 0 Å². The van der Waals surface area contributed by atoms with Crippen molar-refractivity contribution in [3.8, 4) is 11.8 Å². The number of carboxylic acid groups (broad SMARTS) is 1. The van der Waals surface area contributed by atoms with E-state index in [4.69, 9.17) is 5.11 Å². The maximum Gasteiger partial charge on any atom is 0.343 e. The van der Waals surface area contributed by atoms with Gasteiger partial charge in [-0.2, -0.15) is 0 Å². The zero-order chi connectivity index (χ0) is 12.9. The predicted octanol–water partition coefficient (Wildman–Crippen LogP) is 4.16. The zero-order valence-electron chi connectivity index (χ0n) is 11.1. The van der Waals surface area contributed by atoms with Gasteiger partial charge in [-0.15, -0.1) is 0 Å². The van der Waals surface area contributed by atoms with Crippen molar-refractivity contribution in [3.63, 3.8) is 0 Å². The van der Waals surface area contributed by atoms with Crippen LogP contribution in [0.4, 0.5) is 0 Å². The van der Waals surface area contributed by atoms with Crippen LogP contribution in [0, 0.1) is 11.8 Å². The Morgan fingerprint density at radius 1 is 1.12 bits per heavy atom. The quantitative estimate of drug-likeness (QED) is 0.390. The fourth-order valence-corrected chi connectivity index (χ4v) is 1.44. The third-order valence-electron chi connectivity index (χ3n) is 2.51. The lowest BCUT2D eigenvalue weighted by Gasteiger charge is -1.94. The number of rotatable bonds is 8. The standard InChI is InChI=1S/C15H24O2/c1-3-5-7-8-9-11-13-14(15(16)17)12-10-6-4-2/h12H,3-10H2,1-2H3,(H,16,17)/b14-12+. The van der Waals surface area contributed by atoms with Crippen molar-refractivity contribution in [1.29, 1.82) is 0 Å². The lowest BCUT2D eigenvalue weighted by molar-refractivity contribution is -0.132. The van der Waals surface area contributed by atoms with Gasteiger partial charge in [0.15, 0.2) is 0 Å². The van der Waals surface area contributed by atoms with Crippen LogP contribution < -0.4 is 0 Å². The molecule has 0 heterocycles. The van der Waals surface area contributed by atoms with Gasteiger partial charge in [0.1, 0.15) is 5.57 Å². The molecule has 0 fully saturated rings. The number of aliphatic carboxylic acids is 1. The topological polar surface area (TPSA) is 37.3 Å². The highest BCUT2D eigenvalue weighted by atomic mass is 16.4. The van der Waals surface area contributed by atoms with Gasteiger partial charge in [-0.25, -0.2) is 4.79 Å². The summed E-state index contributed by atoms with van der Waals surface area (Å²) in [6, 6.07) is 0. The second-order valence-electron chi connectivity index (χ2n) is 4.18. The van der Waals surface area contributed by atoms with E-state index in [-0.39, 0.29) is 5.57 Å². The van der Waals surface area contributed by atoms with E-state index in [1.807, 2.05) is 0 Å². The lowest BCUT2D eigenvalue weighted by atomic mass is 10.1. The molecule has 2 heteroatoms. The summed E-state index contributed by atoms with van der Waals surface area (Å²) in [7, 11) is 0. The molecule has 0 aliphatic heterocycles. The number of carbonyl (C=O) groups is 1. The molecule has 17 heavy (non-hydrogen) atoms. The molecule has 0 amide bonds. The van der Waals surface area contributed by atoms with E-state index in [2.05, 4.69) is 25.7 Å².